The maximum absolute atomic E-state index is 13.8. The number of anilines is 1. The normalized spacial score (nSPS) is 11.7. The molecular formula is C23H17ClF4N4O2. The number of halogens is 5. The number of hydrogen-bond donors (Lipinski definition) is 1. The minimum absolute atomic E-state index is 0.0148. The Labute approximate surface area is 195 Å². The van der Waals surface area contributed by atoms with Gasteiger partial charge in [-0.2, -0.15) is 18.3 Å². The van der Waals surface area contributed by atoms with E-state index in [-0.39, 0.29) is 22.4 Å². The molecule has 0 saturated carbocycles. The summed E-state index contributed by atoms with van der Waals surface area (Å²) >= 11 is 6.20. The second-order valence-corrected chi connectivity index (χ2v) is 8.03. The Morgan fingerprint density at radius 3 is 2.50 bits per heavy atom. The molecule has 4 rings (SSSR count). The van der Waals surface area contributed by atoms with Crippen LogP contribution in [0.15, 0.2) is 53.3 Å². The minimum Gasteiger partial charge on any atom is -0.324 e. The molecule has 176 valence electrons. The molecule has 0 radical (unpaired) electrons. The highest BCUT2D eigenvalue weighted by atomic mass is 35.5. The quantitative estimate of drug-likeness (QED) is 0.395. The lowest BCUT2D eigenvalue weighted by atomic mass is 10.1. The minimum atomic E-state index is -4.83. The summed E-state index contributed by atoms with van der Waals surface area (Å²) in [6, 6.07) is 10.3. The van der Waals surface area contributed by atoms with Crippen molar-refractivity contribution in [3.63, 3.8) is 0 Å². The fraction of sp³-hybridized carbons (Fsp3) is 0.174. The van der Waals surface area contributed by atoms with Crippen LogP contribution >= 0.6 is 11.6 Å². The number of nitrogens with zero attached hydrogens (tertiary/aromatic N) is 3. The van der Waals surface area contributed by atoms with Crippen molar-refractivity contribution in [3.05, 3.63) is 86.5 Å². The fourth-order valence-electron chi connectivity index (χ4n) is 3.74. The molecule has 1 N–H and O–H groups in total. The van der Waals surface area contributed by atoms with Gasteiger partial charge < -0.3 is 5.32 Å². The molecule has 2 aromatic carbocycles. The second kappa shape index (κ2) is 8.60. The zero-order valence-corrected chi connectivity index (χ0v) is 18.6. The molecule has 2 aromatic heterocycles. The van der Waals surface area contributed by atoms with Crippen LogP contribution in [-0.4, -0.2) is 20.3 Å². The van der Waals surface area contributed by atoms with Gasteiger partial charge in [-0.3, -0.25) is 14.2 Å². The number of alkyl halides is 3. The number of amides is 1. The van der Waals surface area contributed by atoms with Crippen LogP contribution in [0.3, 0.4) is 0 Å². The molecule has 0 atom stereocenters. The molecule has 0 spiro atoms. The Morgan fingerprint density at radius 1 is 1.12 bits per heavy atom. The van der Waals surface area contributed by atoms with Crippen molar-refractivity contribution in [2.24, 2.45) is 0 Å². The van der Waals surface area contributed by atoms with Crippen LogP contribution < -0.4 is 10.9 Å². The number of aryl methyl sites for hydroxylation is 1. The number of nitrogens with one attached hydrogen (secondary N) is 1. The van der Waals surface area contributed by atoms with Gasteiger partial charge in [-0.15, -0.1) is 0 Å². The van der Waals surface area contributed by atoms with Gasteiger partial charge in [-0.25, -0.2) is 9.07 Å². The third-order valence-electron chi connectivity index (χ3n) is 5.28. The standard InChI is InChI=1S/C23H17ClF4N4O2/c1-12-17(24)7-4-8-18(12)32-22-21(13(2)30-32)16(23(26,27)28)10-20(34)31(22)11-19(33)29-15-6-3-5-14(25)9-15/h3-10H,11H2,1-2H3,(H,29,33). The molecule has 0 aliphatic heterocycles. The topological polar surface area (TPSA) is 68.9 Å². The van der Waals surface area contributed by atoms with Crippen molar-refractivity contribution in [2.45, 2.75) is 26.6 Å². The lowest BCUT2D eigenvalue weighted by Gasteiger charge is -2.16. The Bertz CT molecular complexity index is 1490. The van der Waals surface area contributed by atoms with E-state index in [0.29, 0.717) is 22.3 Å². The number of hydrogen-bond acceptors (Lipinski definition) is 3. The summed E-state index contributed by atoms with van der Waals surface area (Å²) < 4.78 is 57.0. The summed E-state index contributed by atoms with van der Waals surface area (Å²) in [5.41, 5.74) is -1.39. The number of rotatable bonds is 4. The number of benzene rings is 2. The van der Waals surface area contributed by atoms with Crippen LogP contribution in [0.25, 0.3) is 16.7 Å². The molecule has 34 heavy (non-hydrogen) atoms. The van der Waals surface area contributed by atoms with E-state index in [1.165, 1.54) is 29.8 Å². The molecule has 0 aliphatic carbocycles. The molecule has 6 nitrogen and oxygen atoms in total. The Kier molecular flexibility index (Phi) is 5.94. The zero-order valence-electron chi connectivity index (χ0n) is 17.9. The maximum Gasteiger partial charge on any atom is 0.417 e. The van der Waals surface area contributed by atoms with Crippen LogP contribution in [0.1, 0.15) is 16.8 Å². The Morgan fingerprint density at radius 2 is 1.82 bits per heavy atom. The van der Waals surface area contributed by atoms with Gasteiger partial charge in [0.25, 0.3) is 5.56 Å². The van der Waals surface area contributed by atoms with Crippen LogP contribution in [-0.2, 0) is 17.5 Å². The third kappa shape index (κ3) is 4.28. The first-order chi connectivity index (χ1) is 16.0. The summed E-state index contributed by atoms with van der Waals surface area (Å²) in [6.07, 6.45) is -4.83. The van der Waals surface area contributed by atoms with Gasteiger partial charge in [0.1, 0.15) is 18.0 Å². The molecular weight excluding hydrogens is 476 g/mol. The number of pyridine rings is 1. The van der Waals surface area contributed by atoms with Crippen molar-refractivity contribution < 1.29 is 22.4 Å². The van der Waals surface area contributed by atoms with E-state index in [4.69, 9.17) is 11.6 Å². The molecule has 0 aliphatic rings. The largest absolute Gasteiger partial charge is 0.417 e. The molecule has 4 aromatic rings. The number of carbonyl (C=O) groups excluding carboxylic acids is 1. The van der Waals surface area contributed by atoms with Gasteiger partial charge >= 0.3 is 6.18 Å². The van der Waals surface area contributed by atoms with Crippen molar-refractivity contribution in [2.75, 3.05) is 5.32 Å². The van der Waals surface area contributed by atoms with Gasteiger partial charge in [0.2, 0.25) is 5.91 Å². The van der Waals surface area contributed by atoms with Gasteiger partial charge in [0.05, 0.1) is 22.3 Å². The summed E-state index contributed by atoms with van der Waals surface area (Å²) in [7, 11) is 0. The third-order valence-corrected chi connectivity index (χ3v) is 5.69. The molecule has 2 heterocycles. The van der Waals surface area contributed by atoms with E-state index < -0.39 is 35.6 Å². The average Bonchev–Trinajstić information content (AvgIpc) is 3.08. The van der Waals surface area contributed by atoms with Crippen molar-refractivity contribution in [1.82, 2.24) is 14.3 Å². The molecule has 1 amide bonds. The lowest BCUT2D eigenvalue weighted by molar-refractivity contribution is -0.136. The zero-order chi connectivity index (χ0) is 24.8. The molecule has 0 bridgehead atoms. The average molecular weight is 493 g/mol. The first-order valence-electron chi connectivity index (χ1n) is 9.98. The fourth-order valence-corrected chi connectivity index (χ4v) is 3.91. The molecule has 0 fully saturated rings. The monoisotopic (exact) mass is 492 g/mol. The first-order valence-corrected chi connectivity index (χ1v) is 10.4. The highest BCUT2D eigenvalue weighted by molar-refractivity contribution is 6.31. The highest BCUT2D eigenvalue weighted by Crippen LogP contribution is 2.36. The number of aromatic nitrogens is 3. The Balaban J connectivity index is 1.94. The summed E-state index contributed by atoms with van der Waals surface area (Å²) in [5.74, 6) is -1.32. The van der Waals surface area contributed by atoms with Crippen LogP contribution in [0.2, 0.25) is 5.02 Å². The summed E-state index contributed by atoms with van der Waals surface area (Å²) in [5, 5.41) is 6.74. The van der Waals surface area contributed by atoms with Crippen molar-refractivity contribution in [1.29, 1.82) is 0 Å². The SMILES string of the molecule is Cc1c(Cl)cccc1-n1nc(C)c2c(C(F)(F)F)cc(=O)n(CC(=O)Nc3cccc(F)c3)c21. The second-order valence-electron chi connectivity index (χ2n) is 7.62. The van der Waals surface area contributed by atoms with E-state index in [1.807, 2.05) is 0 Å². The summed E-state index contributed by atoms with van der Waals surface area (Å²) in [4.78, 5) is 25.5. The number of fused-ring (bicyclic) bond motifs is 1. The van der Waals surface area contributed by atoms with Crippen LogP contribution in [0, 0.1) is 19.7 Å². The highest BCUT2D eigenvalue weighted by Gasteiger charge is 2.36. The van der Waals surface area contributed by atoms with Gasteiger partial charge in [-0.1, -0.05) is 23.7 Å². The molecule has 11 heteroatoms. The van der Waals surface area contributed by atoms with Crippen molar-refractivity contribution >= 4 is 34.2 Å². The molecule has 0 saturated heterocycles. The van der Waals surface area contributed by atoms with E-state index in [0.717, 1.165) is 10.6 Å². The van der Waals surface area contributed by atoms with E-state index in [9.17, 15) is 27.2 Å². The van der Waals surface area contributed by atoms with Gasteiger partial charge in [0, 0.05) is 16.8 Å². The smallest absolute Gasteiger partial charge is 0.324 e. The predicted octanol–water partition coefficient (Wildman–Crippen LogP) is 5.25. The Hall–Kier alpha value is -3.66. The van der Waals surface area contributed by atoms with Crippen LogP contribution in [0.5, 0.6) is 0 Å². The lowest BCUT2D eigenvalue weighted by Crippen LogP contribution is -2.30. The van der Waals surface area contributed by atoms with E-state index in [1.54, 1.807) is 25.1 Å². The van der Waals surface area contributed by atoms with Crippen LogP contribution in [0.4, 0.5) is 23.2 Å². The van der Waals surface area contributed by atoms with E-state index >= 15 is 0 Å². The van der Waals surface area contributed by atoms with Gasteiger partial charge in [-0.05, 0) is 49.7 Å². The molecule has 0 unspecified atom stereocenters. The van der Waals surface area contributed by atoms with Gasteiger partial charge in [0.15, 0.2) is 0 Å². The number of carbonyl (C=O) groups is 1. The first kappa shape index (κ1) is 23.5. The maximum atomic E-state index is 13.8. The van der Waals surface area contributed by atoms with Crippen molar-refractivity contribution in [3.8, 4) is 5.69 Å². The van der Waals surface area contributed by atoms with E-state index in [2.05, 4.69) is 10.4 Å². The predicted molar refractivity (Wildman–Crippen MR) is 120 cm³/mol. The summed E-state index contributed by atoms with van der Waals surface area (Å²) in [6.45, 7) is 2.41.